The Bertz CT molecular complexity index is 584. The fraction of sp³-hybridized carbons (Fsp3) is 0.545. The highest BCUT2D eigenvalue weighted by Gasteiger charge is 2.11. The molecule has 3 heterocycles. The lowest BCUT2D eigenvalue weighted by atomic mass is 10.3. The summed E-state index contributed by atoms with van der Waals surface area (Å²) in [5.74, 6) is 0. The van der Waals surface area contributed by atoms with Gasteiger partial charge in [-0.25, -0.2) is 4.98 Å². The molecule has 96 valence electrons. The van der Waals surface area contributed by atoms with Crippen molar-refractivity contribution < 1.29 is 0 Å². The lowest BCUT2D eigenvalue weighted by Gasteiger charge is -2.18. The van der Waals surface area contributed by atoms with Crippen molar-refractivity contribution in [2.45, 2.75) is 13.0 Å². The van der Waals surface area contributed by atoms with Crippen LogP contribution in [0.4, 0.5) is 0 Å². The molecule has 1 fully saturated rings. The molecule has 0 unspecified atom stereocenters. The highest BCUT2D eigenvalue weighted by atomic mass is 32.1. The maximum atomic E-state index is 11.8. The van der Waals surface area contributed by atoms with Crippen LogP contribution in [0.1, 0.15) is 12.1 Å². The molecule has 6 nitrogen and oxygen atoms in total. The second-order valence-electron chi connectivity index (χ2n) is 4.40. The minimum atomic E-state index is -0.0933. The average Bonchev–Trinajstić information content (AvgIpc) is 2.68. The van der Waals surface area contributed by atoms with E-state index < -0.39 is 0 Å². The van der Waals surface area contributed by atoms with Gasteiger partial charge in [0.05, 0.1) is 5.69 Å². The Kier molecular flexibility index (Phi) is 3.35. The molecule has 0 atom stereocenters. The molecule has 0 amide bonds. The van der Waals surface area contributed by atoms with Gasteiger partial charge in [-0.1, -0.05) is 11.3 Å². The van der Waals surface area contributed by atoms with Gasteiger partial charge < -0.3 is 5.32 Å². The third kappa shape index (κ3) is 2.43. The molecular weight excluding hydrogens is 250 g/mol. The number of hydrogen-bond donors (Lipinski definition) is 1. The van der Waals surface area contributed by atoms with E-state index in [0.717, 1.165) is 44.8 Å². The maximum absolute atomic E-state index is 11.8. The van der Waals surface area contributed by atoms with E-state index in [0.29, 0.717) is 4.96 Å². The van der Waals surface area contributed by atoms with Gasteiger partial charge in [0.1, 0.15) is 5.51 Å². The Hall–Kier alpha value is -1.31. The van der Waals surface area contributed by atoms with Gasteiger partial charge in [-0.15, -0.1) is 0 Å². The largest absolute Gasteiger partial charge is 0.315 e. The number of nitrogens with zero attached hydrogens (tertiary/aromatic N) is 4. The van der Waals surface area contributed by atoms with Crippen molar-refractivity contribution in [2.24, 2.45) is 0 Å². The van der Waals surface area contributed by atoms with Crippen LogP contribution in [-0.4, -0.2) is 45.7 Å². The summed E-state index contributed by atoms with van der Waals surface area (Å²) in [7, 11) is 0. The third-order valence-corrected chi connectivity index (χ3v) is 3.73. The molecule has 1 aliphatic rings. The summed E-state index contributed by atoms with van der Waals surface area (Å²) >= 11 is 1.39. The van der Waals surface area contributed by atoms with E-state index in [9.17, 15) is 4.79 Å². The van der Waals surface area contributed by atoms with E-state index in [4.69, 9.17) is 0 Å². The summed E-state index contributed by atoms with van der Waals surface area (Å²) in [5.41, 5.74) is 2.39. The second-order valence-corrected chi connectivity index (χ2v) is 5.21. The smallest absolute Gasteiger partial charge is 0.275 e. The Morgan fingerprint density at radius 2 is 2.33 bits per heavy atom. The molecule has 2 aromatic heterocycles. The topological polar surface area (TPSA) is 62.5 Å². The van der Waals surface area contributed by atoms with Gasteiger partial charge in [0, 0.05) is 25.7 Å². The normalized spacial score (nSPS) is 18.0. The Morgan fingerprint density at radius 3 is 3.28 bits per heavy atom. The van der Waals surface area contributed by atoms with Gasteiger partial charge in [-0.2, -0.15) is 9.61 Å². The Morgan fingerprint density at radius 1 is 1.39 bits per heavy atom. The molecular formula is C11H15N5OS. The SMILES string of the molecule is O=c1cc(CN2CCCNCC2)nc2scnn12. The Labute approximate surface area is 108 Å². The zero-order chi connectivity index (χ0) is 12.4. The standard InChI is InChI=1S/C11H15N5OS/c17-10-6-9(14-11-16(10)13-8-18-11)7-15-4-1-2-12-3-5-15/h6,8,12H,1-5,7H2. The van der Waals surface area contributed by atoms with Crippen LogP contribution in [0.25, 0.3) is 4.96 Å². The average molecular weight is 265 g/mol. The van der Waals surface area contributed by atoms with Crippen LogP contribution in [-0.2, 0) is 6.54 Å². The van der Waals surface area contributed by atoms with Gasteiger partial charge >= 0.3 is 0 Å². The predicted octanol–water partition coefficient (Wildman–Crippen LogP) is -0.0537. The molecule has 0 bridgehead atoms. The summed E-state index contributed by atoms with van der Waals surface area (Å²) in [6, 6.07) is 1.59. The van der Waals surface area contributed by atoms with Gasteiger partial charge in [0.15, 0.2) is 0 Å². The summed E-state index contributed by atoms with van der Waals surface area (Å²) in [5, 5.41) is 7.32. The summed E-state index contributed by atoms with van der Waals surface area (Å²) in [4.78, 5) is 19.3. The number of hydrogen-bond acceptors (Lipinski definition) is 6. The van der Waals surface area contributed by atoms with Crippen molar-refractivity contribution in [2.75, 3.05) is 26.2 Å². The molecule has 7 heteroatoms. The van der Waals surface area contributed by atoms with Crippen LogP contribution in [0.3, 0.4) is 0 Å². The van der Waals surface area contributed by atoms with Crippen molar-refractivity contribution in [3.8, 4) is 0 Å². The molecule has 1 N–H and O–H groups in total. The molecule has 0 saturated carbocycles. The highest BCUT2D eigenvalue weighted by Crippen LogP contribution is 2.07. The number of aromatic nitrogens is 3. The fourth-order valence-electron chi connectivity index (χ4n) is 2.17. The van der Waals surface area contributed by atoms with E-state index in [1.807, 2.05) is 0 Å². The fourth-order valence-corrected chi connectivity index (χ4v) is 2.81. The van der Waals surface area contributed by atoms with Crippen LogP contribution in [0.5, 0.6) is 0 Å². The van der Waals surface area contributed by atoms with Crippen molar-refractivity contribution >= 4 is 16.3 Å². The minimum absolute atomic E-state index is 0.0933. The summed E-state index contributed by atoms with van der Waals surface area (Å²) in [6.45, 7) is 4.87. The number of nitrogens with one attached hydrogen (secondary N) is 1. The second kappa shape index (κ2) is 5.13. The predicted molar refractivity (Wildman–Crippen MR) is 69.9 cm³/mol. The number of fused-ring (bicyclic) bond motifs is 1. The first-order valence-electron chi connectivity index (χ1n) is 6.08. The van der Waals surface area contributed by atoms with Gasteiger partial charge in [-0.05, 0) is 19.5 Å². The summed E-state index contributed by atoms with van der Waals surface area (Å²) in [6.07, 6.45) is 1.14. The van der Waals surface area contributed by atoms with E-state index in [1.165, 1.54) is 15.9 Å². The number of rotatable bonds is 2. The Balaban J connectivity index is 1.83. The molecule has 0 radical (unpaired) electrons. The van der Waals surface area contributed by atoms with Crippen LogP contribution in [0.2, 0.25) is 0 Å². The van der Waals surface area contributed by atoms with E-state index in [2.05, 4.69) is 20.3 Å². The first kappa shape index (κ1) is 11.8. The maximum Gasteiger partial charge on any atom is 0.275 e. The van der Waals surface area contributed by atoms with Crippen molar-refractivity contribution in [1.29, 1.82) is 0 Å². The lowest BCUT2D eigenvalue weighted by molar-refractivity contribution is 0.281. The monoisotopic (exact) mass is 265 g/mol. The minimum Gasteiger partial charge on any atom is -0.315 e. The van der Waals surface area contributed by atoms with Crippen LogP contribution in [0.15, 0.2) is 16.4 Å². The third-order valence-electron chi connectivity index (χ3n) is 3.06. The highest BCUT2D eigenvalue weighted by molar-refractivity contribution is 7.14. The summed E-state index contributed by atoms with van der Waals surface area (Å²) < 4.78 is 1.35. The quantitative estimate of drug-likeness (QED) is 0.824. The van der Waals surface area contributed by atoms with Gasteiger partial charge in [0.25, 0.3) is 5.56 Å². The van der Waals surface area contributed by atoms with Crippen LogP contribution < -0.4 is 10.9 Å². The lowest BCUT2D eigenvalue weighted by Crippen LogP contribution is -2.29. The molecule has 1 saturated heterocycles. The van der Waals surface area contributed by atoms with Gasteiger partial charge in [-0.3, -0.25) is 9.69 Å². The van der Waals surface area contributed by atoms with E-state index >= 15 is 0 Å². The molecule has 0 spiro atoms. The molecule has 18 heavy (non-hydrogen) atoms. The molecule has 2 aromatic rings. The first-order valence-corrected chi connectivity index (χ1v) is 6.96. The van der Waals surface area contributed by atoms with Crippen molar-refractivity contribution in [3.63, 3.8) is 0 Å². The van der Waals surface area contributed by atoms with Crippen molar-refractivity contribution in [1.82, 2.24) is 24.8 Å². The van der Waals surface area contributed by atoms with Gasteiger partial charge in [0.2, 0.25) is 4.96 Å². The van der Waals surface area contributed by atoms with Crippen LogP contribution in [0, 0.1) is 0 Å². The molecule has 1 aliphatic heterocycles. The zero-order valence-corrected chi connectivity index (χ0v) is 10.8. The van der Waals surface area contributed by atoms with Crippen molar-refractivity contribution in [3.05, 3.63) is 27.6 Å². The molecule has 0 aliphatic carbocycles. The molecule has 3 rings (SSSR count). The van der Waals surface area contributed by atoms with E-state index in [-0.39, 0.29) is 5.56 Å². The zero-order valence-electron chi connectivity index (χ0n) is 10.0. The first-order chi connectivity index (χ1) is 8.83. The van der Waals surface area contributed by atoms with E-state index in [1.54, 1.807) is 11.6 Å². The van der Waals surface area contributed by atoms with Crippen LogP contribution >= 0.6 is 11.3 Å². The molecule has 0 aromatic carbocycles.